The zero-order valence-corrected chi connectivity index (χ0v) is 11.1. The molecule has 0 saturated heterocycles. The minimum absolute atomic E-state index is 0.640. The van der Waals surface area contributed by atoms with Crippen LogP contribution in [0.15, 0.2) is 28.9 Å². The van der Waals surface area contributed by atoms with Crippen LogP contribution in [-0.2, 0) is 4.74 Å². The van der Waals surface area contributed by atoms with Crippen molar-refractivity contribution in [3.63, 3.8) is 0 Å². The Balaban J connectivity index is 2.42. The van der Waals surface area contributed by atoms with Crippen LogP contribution in [0.5, 0.6) is 0 Å². The van der Waals surface area contributed by atoms with E-state index in [0.717, 1.165) is 33.3 Å². The fraction of sp³-hybridized carbons (Fsp3) is 0.250. The van der Waals surface area contributed by atoms with Crippen LogP contribution in [0.2, 0.25) is 0 Å². The third-order valence-corrected chi connectivity index (χ3v) is 2.93. The fourth-order valence-electron chi connectivity index (χ4n) is 1.69. The van der Waals surface area contributed by atoms with Gasteiger partial charge in [0.15, 0.2) is 0 Å². The maximum atomic E-state index is 5.97. The lowest BCUT2D eigenvalue weighted by atomic mass is 10.1. The number of anilines is 2. The molecule has 0 aliphatic carbocycles. The highest BCUT2D eigenvalue weighted by atomic mass is 79.9. The summed E-state index contributed by atoms with van der Waals surface area (Å²) >= 11 is 3.44. The predicted molar refractivity (Wildman–Crippen MR) is 74.2 cm³/mol. The summed E-state index contributed by atoms with van der Waals surface area (Å²) in [5.41, 5.74) is 6.71. The quantitative estimate of drug-likeness (QED) is 0.672. The number of benzene rings is 1. The van der Waals surface area contributed by atoms with Gasteiger partial charge in [-0.05, 0) is 18.2 Å². The number of nitrogens with two attached hydrogens (primary N) is 1. The standard InChI is InChI=1S/C12H14BrN3O/c1-17-5-4-16-12-10-6-8(13)7-11(14)9(10)2-3-15-12/h2-3,6-7H,4-5,14H2,1H3,(H,15,16). The summed E-state index contributed by atoms with van der Waals surface area (Å²) in [5.74, 6) is 0.826. The van der Waals surface area contributed by atoms with E-state index in [1.807, 2.05) is 18.2 Å². The number of nitrogen functional groups attached to an aromatic ring is 1. The molecule has 1 aromatic carbocycles. The minimum Gasteiger partial charge on any atom is -0.398 e. The van der Waals surface area contributed by atoms with Crippen LogP contribution >= 0.6 is 15.9 Å². The van der Waals surface area contributed by atoms with Crippen molar-refractivity contribution in [2.75, 3.05) is 31.3 Å². The number of ether oxygens (including phenoxy) is 1. The molecule has 0 amide bonds. The minimum atomic E-state index is 0.640. The molecule has 0 atom stereocenters. The Morgan fingerprint density at radius 3 is 3.00 bits per heavy atom. The lowest BCUT2D eigenvalue weighted by Gasteiger charge is -2.10. The molecule has 0 fully saturated rings. The van der Waals surface area contributed by atoms with E-state index in [1.165, 1.54) is 0 Å². The smallest absolute Gasteiger partial charge is 0.134 e. The number of aromatic nitrogens is 1. The number of halogens is 1. The normalized spacial score (nSPS) is 10.7. The Hall–Kier alpha value is -1.33. The van der Waals surface area contributed by atoms with Crippen molar-refractivity contribution in [1.29, 1.82) is 0 Å². The molecule has 2 aromatic rings. The fourth-order valence-corrected chi connectivity index (χ4v) is 2.16. The van der Waals surface area contributed by atoms with Gasteiger partial charge in [0.25, 0.3) is 0 Å². The number of rotatable bonds is 4. The Morgan fingerprint density at radius 2 is 2.24 bits per heavy atom. The highest BCUT2D eigenvalue weighted by Crippen LogP contribution is 2.29. The molecule has 0 aliphatic rings. The van der Waals surface area contributed by atoms with E-state index >= 15 is 0 Å². The van der Waals surface area contributed by atoms with Crippen LogP contribution in [0, 0.1) is 0 Å². The number of nitrogens with one attached hydrogen (secondary N) is 1. The number of hydrogen-bond acceptors (Lipinski definition) is 4. The average Bonchev–Trinajstić information content (AvgIpc) is 2.30. The molecule has 0 bridgehead atoms. The summed E-state index contributed by atoms with van der Waals surface area (Å²) in [6, 6.07) is 5.81. The molecule has 0 unspecified atom stereocenters. The van der Waals surface area contributed by atoms with Crippen LogP contribution in [-0.4, -0.2) is 25.2 Å². The third-order valence-electron chi connectivity index (χ3n) is 2.48. The lowest BCUT2D eigenvalue weighted by molar-refractivity contribution is 0.210. The molecular formula is C12H14BrN3O. The van der Waals surface area contributed by atoms with E-state index in [-0.39, 0.29) is 0 Å². The molecule has 0 radical (unpaired) electrons. The van der Waals surface area contributed by atoms with Crippen molar-refractivity contribution < 1.29 is 4.74 Å². The second-order valence-corrected chi connectivity index (χ2v) is 4.58. The van der Waals surface area contributed by atoms with Crippen molar-refractivity contribution in [2.45, 2.75) is 0 Å². The number of hydrogen-bond donors (Lipinski definition) is 2. The largest absolute Gasteiger partial charge is 0.398 e. The number of methoxy groups -OCH3 is 1. The lowest BCUT2D eigenvalue weighted by Crippen LogP contribution is -2.09. The molecule has 5 heteroatoms. The van der Waals surface area contributed by atoms with Crippen LogP contribution in [0.4, 0.5) is 11.5 Å². The van der Waals surface area contributed by atoms with Gasteiger partial charge in [0.05, 0.1) is 6.61 Å². The van der Waals surface area contributed by atoms with Crippen molar-refractivity contribution in [2.24, 2.45) is 0 Å². The molecule has 3 N–H and O–H groups in total. The zero-order chi connectivity index (χ0) is 12.3. The van der Waals surface area contributed by atoms with Gasteiger partial charge < -0.3 is 15.8 Å². The van der Waals surface area contributed by atoms with Crippen LogP contribution in [0.25, 0.3) is 10.8 Å². The molecule has 1 heterocycles. The van der Waals surface area contributed by atoms with Crippen molar-refractivity contribution in [3.05, 3.63) is 28.9 Å². The summed E-state index contributed by atoms with van der Waals surface area (Å²) in [4.78, 5) is 4.32. The van der Waals surface area contributed by atoms with Gasteiger partial charge in [-0.1, -0.05) is 15.9 Å². The predicted octanol–water partition coefficient (Wildman–Crippen LogP) is 2.64. The molecule has 90 valence electrons. The molecule has 0 saturated carbocycles. The van der Waals surface area contributed by atoms with Gasteiger partial charge in [0.1, 0.15) is 5.82 Å². The Labute approximate surface area is 108 Å². The van der Waals surface area contributed by atoms with Gasteiger partial charge in [-0.3, -0.25) is 0 Å². The SMILES string of the molecule is COCCNc1nccc2c(N)cc(Br)cc12. The van der Waals surface area contributed by atoms with Gasteiger partial charge in [0.2, 0.25) is 0 Å². The summed E-state index contributed by atoms with van der Waals surface area (Å²) in [5, 5.41) is 5.24. The van der Waals surface area contributed by atoms with E-state index in [1.54, 1.807) is 13.3 Å². The maximum absolute atomic E-state index is 5.97. The first kappa shape index (κ1) is 12.1. The van der Waals surface area contributed by atoms with E-state index in [2.05, 4.69) is 26.2 Å². The van der Waals surface area contributed by atoms with Gasteiger partial charge in [0, 0.05) is 40.8 Å². The first-order chi connectivity index (χ1) is 8.22. The Bertz CT molecular complexity index is 530. The van der Waals surface area contributed by atoms with Crippen LogP contribution in [0.3, 0.4) is 0 Å². The van der Waals surface area contributed by atoms with E-state index < -0.39 is 0 Å². The van der Waals surface area contributed by atoms with Crippen LogP contribution < -0.4 is 11.1 Å². The summed E-state index contributed by atoms with van der Waals surface area (Å²) in [7, 11) is 1.67. The summed E-state index contributed by atoms with van der Waals surface area (Å²) < 4.78 is 5.95. The van der Waals surface area contributed by atoms with E-state index in [0.29, 0.717) is 6.61 Å². The number of nitrogens with zero attached hydrogens (tertiary/aromatic N) is 1. The van der Waals surface area contributed by atoms with Gasteiger partial charge in [-0.25, -0.2) is 4.98 Å². The molecule has 2 rings (SSSR count). The van der Waals surface area contributed by atoms with Crippen molar-refractivity contribution in [3.8, 4) is 0 Å². The van der Waals surface area contributed by atoms with Crippen LogP contribution in [0.1, 0.15) is 0 Å². The van der Waals surface area contributed by atoms with E-state index in [4.69, 9.17) is 10.5 Å². The average molecular weight is 296 g/mol. The Kier molecular flexibility index (Phi) is 3.81. The molecule has 4 nitrogen and oxygen atoms in total. The van der Waals surface area contributed by atoms with Gasteiger partial charge in [-0.15, -0.1) is 0 Å². The van der Waals surface area contributed by atoms with Gasteiger partial charge >= 0.3 is 0 Å². The first-order valence-corrected chi connectivity index (χ1v) is 6.08. The monoisotopic (exact) mass is 295 g/mol. The zero-order valence-electron chi connectivity index (χ0n) is 9.53. The second kappa shape index (κ2) is 5.33. The topological polar surface area (TPSA) is 60.2 Å². The molecule has 0 aliphatic heterocycles. The number of pyridine rings is 1. The van der Waals surface area contributed by atoms with E-state index in [9.17, 15) is 0 Å². The molecule has 17 heavy (non-hydrogen) atoms. The summed E-state index contributed by atoms with van der Waals surface area (Å²) in [6.07, 6.45) is 1.75. The Morgan fingerprint density at radius 1 is 1.41 bits per heavy atom. The molecule has 0 spiro atoms. The van der Waals surface area contributed by atoms with Crippen molar-refractivity contribution in [1.82, 2.24) is 4.98 Å². The third kappa shape index (κ3) is 2.68. The number of fused-ring (bicyclic) bond motifs is 1. The highest BCUT2D eigenvalue weighted by molar-refractivity contribution is 9.10. The van der Waals surface area contributed by atoms with Gasteiger partial charge in [-0.2, -0.15) is 0 Å². The van der Waals surface area contributed by atoms with Crippen molar-refractivity contribution >= 4 is 38.2 Å². The maximum Gasteiger partial charge on any atom is 0.134 e. The highest BCUT2D eigenvalue weighted by Gasteiger charge is 2.05. The molecular weight excluding hydrogens is 282 g/mol. The molecule has 1 aromatic heterocycles. The first-order valence-electron chi connectivity index (χ1n) is 5.29. The summed E-state index contributed by atoms with van der Waals surface area (Å²) in [6.45, 7) is 1.36. The second-order valence-electron chi connectivity index (χ2n) is 3.67.